The maximum Gasteiger partial charge on any atom is 0.414 e. The number of alkyl halides is 3. The summed E-state index contributed by atoms with van der Waals surface area (Å²) in [5.74, 6) is 0. The average molecular weight is 372 g/mol. The summed E-state index contributed by atoms with van der Waals surface area (Å²) in [4.78, 5) is 0. The van der Waals surface area contributed by atoms with Crippen molar-refractivity contribution in [2.45, 2.75) is 24.8 Å². The SMILES string of the molecule is OC(CC(O)C(F)(F)F)c1ccccc1.[Eu]. The first kappa shape index (κ1) is 16.5. The van der Waals surface area contributed by atoms with E-state index < -0.39 is 24.8 Å². The van der Waals surface area contributed by atoms with Crippen LogP contribution in [0.2, 0.25) is 0 Å². The first-order chi connectivity index (χ1) is 6.91. The maximum absolute atomic E-state index is 12.0. The van der Waals surface area contributed by atoms with Gasteiger partial charge in [-0.25, -0.2) is 0 Å². The Morgan fingerprint density at radius 1 is 1.06 bits per heavy atom. The molecule has 0 saturated carbocycles. The normalized spacial score (nSPS) is 15.1. The summed E-state index contributed by atoms with van der Waals surface area (Å²) in [5.41, 5.74) is 0.362. The molecule has 0 aliphatic carbocycles. The molecule has 0 aromatic heterocycles. The van der Waals surface area contributed by atoms with Crippen LogP contribution >= 0.6 is 0 Å². The molecule has 0 aliphatic heterocycles. The molecule has 1 rings (SSSR count). The van der Waals surface area contributed by atoms with E-state index in [4.69, 9.17) is 5.11 Å². The van der Waals surface area contributed by atoms with Gasteiger partial charge in [0.1, 0.15) is 0 Å². The molecule has 1 aromatic carbocycles. The molecule has 0 fully saturated rings. The van der Waals surface area contributed by atoms with Crippen LogP contribution < -0.4 is 0 Å². The van der Waals surface area contributed by atoms with E-state index in [9.17, 15) is 18.3 Å². The van der Waals surface area contributed by atoms with E-state index in [0.29, 0.717) is 5.56 Å². The largest absolute Gasteiger partial charge is 0.414 e. The second-order valence-corrected chi connectivity index (χ2v) is 3.22. The molecule has 91 valence electrons. The minimum Gasteiger partial charge on any atom is -0.388 e. The van der Waals surface area contributed by atoms with Crippen LogP contribution in [0.25, 0.3) is 0 Å². The monoisotopic (exact) mass is 373 g/mol. The number of rotatable bonds is 3. The average Bonchev–Trinajstić information content (AvgIpc) is 2.17. The van der Waals surface area contributed by atoms with Gasteiger partial charge in [0, 0.05) is 55.8 Å². The van der Waals surface area contributed by atoms with E-state index >= 15 is 0 Å². The smallest absolute Gasteiger partial charge is 0.388 e. The van der Waals surface area contributed by atoms with E-state index in [0.717, 1.165) is 0 Å². The van der Waals surface area contributed by atoms with Crippen molar-refractivity contribution in [1.82, 2.24) is 0 Å². The Kier molecular flexibility index (Phi) is 7.29. The van der Waals surface area contributed by atoms with Crippen molar-refractivity contribution in [1.29, 1.82) is 0 Å². The van der Waals surface area contributed by atoms with Crippen LogP contribution in [0.3, 0.4) is 0 Å². The summed E-state index contributed by atoms with van der Waals surface area (Å²) in [6, 6.07) is 7.93. The van der Waals surface area contributed by atoms with Gasteiger partial charge >= 0.3 is 6.18 Å². The second kappa shape index (κ2) is 7.06. The van der Waals surface area contributed by atoms with Gasteiger partial charge in [0.05, 0.1) is 6.10 Å². The molecular weight excluding hydrogens is 361 g/mol. The topological polar surface area (TPSA) is 40.5 Å². The zero-order valence-corrected chi connectivity index (χ0v) is 10.6. The molecule has 6 heteroatoms. The molecule has 0 amide bonds. The first-order valence-corrected chi connectivity index (χ1v) is 4.39. The number of halogens is 3. The van der Waals surface area contributed by atoms with Crippen LogP contribution in [0, 0.1) is 49.4 Å². The van der Waals surface area contributed by atoms with Crippen LogP contribution in [-0.4, -0.2) is 22.5 Å². The Morgan fingerprint density at radius 2 is 1.56 bits per heavy atom. The van der Waals surface area contributed by atoms with Crippen LogP contribution in [0.15, 0.2) is 30.3 Å². The molecule has 16 heavy (non-hydrogen) atoms. The second-order valence-electron chi connectivity index (χ2n) is 3.22. The molecule has 2 nitrogen and oxygen atoms in total. The van der Waals surface area contributed by atoms with Crippen LogP contribution in [0.1, 0.15) is 18.1 Å². The van der Waals surface area contributed by atoms with E-state index in [1.54, 1.807) is 18.2 Å². The predicted octanol–water partition coefficient (Wildman–Crippen LogP) is 2.03. The van der Waals surface area contributed by atoms with E-state index in [1.165, 1.54) is 12.1 Å². The summed E-state index contributed by atoms with van der Waals surface area (Å²) in [5, 5.41) is 18.1. The fourth-order valence-corrected chi connectivity index (χ4v) is 1.16. The number of benzene rings is 1. The molecule has 2 N–H and O–H groups in total. The third-order valence-corrected chi connectivity index (χ3v) is 2.01. The van der Waals surface area contributed by atoms with Gasteiger partial charge in [-0.2, -0.15) is 13.2 Å². The van der Waals surface area contributed by atoms with Crippen molar-refractivity contribution in [3.63, 3.8) is 0 Å². The third kappa shape index (κ3) is 5.23. The van der Waals surface area contributed by atoms with Gasteiger partial charge in [-0.1, -0.05) is 30.3 Å². The summed E-state index contributed by atoms with van der Waals surface area (Å²) in [6.45, 7) is 0. The zero-order valence-electron chi connectivity index (χ0n) is 8.15. The Bertz CT molecular complexity index is 303. The standard InChI is InChI=1S/C10H11F3O2.Eu/c11-10(12,13)9(15)6-8(14)7-4-2-1-3-5-7;/h1-5,8-9,14-15H,6H2;. The Morgan fingerprint density at radius 3 is 2.00 bits per heavy atom. The van der Waals surface area contributed by atoms with Crippen molar-refractivity contribution in [3.05, 3.63) is 35.9 Å². The summed E-state index contributed by atoms with van der Waals surface area (Å²) in [6.07, 6.45) is -9.22. The van der Waals surface area contributed by atoms with E-state index in [-0.39, 0.29) is 49.4 Å². The molecule has 0 saturated heterocycles. The van der Waals surface area contributed by atoms with Crippen LogP contribution in [0.4, 0.5) is 13.2 Å². The first-order valence-electron chi connectivity index (χ1n) is 4.39. The Labute approximate surface area is 132 Å². The van der Waals surface area contributed by atoms with Crippen molar-refractivity contribution in [3.8, 4) is 0 Å². The van der Waals surface area contributed by atoms with Gasteiger partial charge in [0.15, 0.2) is 6.10 Å². The Hall–Kier alpha value is 0.514. The summed E-state index contributed by atoms with van der Waals surface area (Å²) < 4.78 is 35.9. The molecule has 0 heterocycles. The van der Waals surface area contributed by atoms with E-state index in [1.807, 2.05) is 0 Å². The van der Waals surface area contributed by atoms with Gasteiger partial charge in [0.2, 0.25) is 0 Å². The summed E-state index contributed by atoms with van der Waals surface area (Å²) in [7, 11) is 0. The third-order valence-electron chi connectivity index (χ3n) is 2.01. The van der Waals surface area contributed by atoms with Gasteiger partial charge in [-0.3, -0.25) is 0 Å². The van der Waals surface area contributed by atoms with Gasteiger partial charge in [-0.15, -0.1) is 0 Å². The van der Waals surface area contributed by atoms with Crippen LogP contribution in [0.5, 0.6) is 0 Å². The quantitative estimate of drug-likeness (QED) is 0.853. The molecule has 2 atom stereocenters. The van der Waals surface area contributed by atoms with Crippen molar-refractivity contribution in [2.24, 2.45) is 0 Å². The van der Waals surface area contributed by atoms with Gasteiger partial charge < -0.3 is 10.2 Å². The number of aliphatic hydroxyl groups is 2. The number of hydrogen-bond donors (Lipinski definition) is 2. The van der Waals surface area contributed by atoms with Gasteiger partial charge in [-0.05, 0) is 5.56 Å². The Balaban J connectivity index is 0.00000225. The van der Waals surface area contributed by atoms with E-state index in [2.05, 4.69) is 0 Å². The van der Waals surface area contributed by atoms with Crippen molar-refractivity contribution >= 4 is 0 Å². The summed E-state index contributed by atoms with van der Waals surface area (Å²) >= 11 is 0. The van der Waals surface area contributed by atoms with Crippen molar-refractivity contribution in [2.75, 3.05) is 0 Å². The molecule has 1 radical (unpaired) electrons. The minimum absolute atomic E-state index is 0. The number of hydrogen-bond acceptors (Lipinski definition) is 2. The predicted molar refractivity (Wildman–Crippen MR) is 48.1 cm³/mol. The van der Waals surface area contributed by atoms with Gasteiger partial charge in [0.25, 0.3) is 0 Å². The van der Waals surface area contributed by atoms with Crippen molar-refractivity contribution < 1.29 is 72.8 Å². The molecule has 0 aliphatic rings. The number of aliphatic hydroxyl groups excluding tert-OH is 2. The fraction of sp³-hybridized carbons (Fsp3) is 0.400. The molecule has 0 bridgehead atoms. The van der Waals surface area contributed by atoms with Crippen LogP contribution in [-0.2, 0) is 0 Å². The zero-order chi connectivity index (χ0) is 11.5. The maximum atomic E-state index is 12.0. The minimum atomic E-state index is -4.68. The molecule has 2 unspecified atom stereocenters. The fourth-order valence-electron chi connectivity index (χ4n) is 1.16. The molecule has 1 aromatic rings. The molecular formula is C10H11EuF3O2. The molecule has 0 spiro atoms.